The van der Waals surface area contributed by atoms with Crippen molar-refractivity contribution >= 4 is 23.4 Å². The van der Waals surface area contributed by atoms with Crippen molar-refractivity contribution in [3.63, 3.8) is 0 Å². The molecule has 5 nitrogen and oxygen atoms in total. The monoisotopic (exact) mass is 343 g/mol. The van der Waals surface area contributed by atoms with Gasteiger partial charge in [0.2, 0.25) is 5.91 Å². The third-order valence-electron chi connectivity index (χ3n) is 4.39. The minimum absolute atomic E-state index is 0.0346. The van der Waals surface area contributed by atoms with Gasteiger partial charge >= 0.3 is 0 Å². The molecule has 1 aromatic carbocycles. The van der Waals surface area contributed by atoms with E-state index in [-0.39, 0.29) is 23.9 Å². The van der Waals surface area contributed by atoms with Crippen LogP contribution in [0.1, 0.15) is 36.2 Å². The summed E-state index contributed by atoms with van der Waals surface area (Å²) in [5, 5.41) is 3.63. The molecule has 1 aromatic heterocycles. The number of aryl methyl sites for hydroxylation is 2. The maximum absolute atomic E-state index is 12.5. The molecular weight excluding hydrogens is 322 g/mol. The van der Waals surface area contributed by atoms with Crippen LogP contribution in [-0.2, 0) is 11.2 Å². The molecule has 1 atom stereocenters. The molecule has 1 unspecified atom stereocenters. The number of carbonyl (C=O) groups excluding carboxylic acids is 1. The van der Waals surface area contributed by atoms with Gasteiger partial charge in [-0.2, -0.15) is 0 Å². The van der Waals surface area contributed by atoms with E-state index < -0.39 is 0 Å². The second-order valence-corrected chi connectivity index (χ2v) is 7.03. The quantitative estimate of drug-likeness (QED) is 0.867. The van der Waals surface area contributed by atoms with Crippen LogP contribution in [-0.4, -0.2) is 21.2 Å². The molecule has 0 spiro atoms. The Morgan fingerprint density at radius 1 is 1.33 bits per heavy atom. The van der Waals surface area contributed by atoms with Crippen molar-refractivity contribution in [3.8, 4) is 0 Å². The Kier molecular flexibility index (Phi) is 4.76. The van der Waals surface area contributed by atoms with E-state index in [1.54, 1.807) is 11.5 Å². The molecule has 1 N–H and O–H groups in total. The van der Waals surface area contributed by atoms with Gasteiger partial charge in [-0.3, -0.25) is 14.2 Å². The van der Waals surface area contributed by atoms with Crippen molar-refractivity contribution < 1.29 is 4.79 Å². The minimum atomic E-state index is -0.140. The summed E-state index contributed by atoms with van der Waals surface area (Å²) in [4.78, 5) is 29.3. The Morgan fingerprint density at radius 2 is 2.04 bits per heavy atom. The largest absolute Gasteiger partial charge is 0.326 e. The first-order chi connectivity index (χ1) is 11.5. The number of aromatic nitrogens is 2. The van der Waals surface area contributed by atoms with E-state index in [2.05, 4.69) is 17.2 Å². The SMILES string of the molecule is CCc1ccc(NC(=O)CC2CSc3nc(C)c(C)c(=O)n32)cc1. The van der Waals surface area contributed by atoms with E-state index in [0.717, 1.165) is 17.8 Å². The van der Waals surface area contributed by atoms with E-state index in [1.165, 1.54) is 17.3 Å². The third-order valence-corrected chi connectivity index (χ3v) is 5.49. The van der Waals surface area contributed by atoms with Crippen molar-refractivity contribution in [1.29, 1.82) is 0 Å². The number of thioether (sulfide) groups is 1. The van der Waals surface area contributed by atoms with Gasteiger partial charge in [0.1, 0.15) is 0 Å². The molecule has 1 aliphatic heterocycles. The minimum Gasteiger partial charge on any atom is -0.326 e. The van der Waals surface area contributed by atoms with Gasteiger partial charge in [0.05, 0.1) is 6.04 Å². The lowest BCUT2D eigenvalue weighted by molar-refractivity contribution is -0.116. The second kappa shape index (κ2) is 6.81. The molecule has 0 saturated heterocycles. The van der Waals surface area contributed by atoms with Crippen LogP contribution >= 0.6 is 11.8 Å². The summed E-state index contributed by atoms with van der Waals surface area (Å²) in [6.07, 6.45) is 1.25. The molecule has 0 bridgehead atoms. The Labute approximate surface area is 145 Å². The van der Waals surface area contributed by atoms with Gasteiger partial charge in [0.15, 0.2) is 5.16 Å². The normalized spacial score (nSPS) is 16.0. The van der Waals surface area contributed by atoms with Crippen LogP contribution in [0.2, 0.25) is 0 Å². The highest BCUT2D eigenvalue weighted by molar-refractivity contribution is 7.99. The van der Waals surface area contributed by atoms with Crippen LogP contribution in [0.15, 0.2) is 34.2 Å². The van der Waals surface area contributed by atoms with E-state index in [4.69, 9.17) is 0 Å². The van der Waals surface area contributed by atoms with Crippen molar-refractivity contribution in [1.82, 2.24) is 9.55 Å². The number of nitrogens with one attached hydrogen (secondary N) is 1. The van der Waals surface area contributed by atoms with Gasteiger partial charge in [0, 0.05) is 29.1 Å². The van der Waals surface area contributed by atoms with Crippen LogP contribution in [0.5, 0.6) is 0 Å². The van der Waals surface area contributed by atoms with E-state index in [0.29, 0.717) is 16.5 Å². The molecular formula is C18H21N3O2S. The van der Waals surface area contributed by atoms with Crippen LogP contribution in [0.4, 0.5) is 5.69 Å². The average Bonchev–Trinajstić information content (AvgIpc) is 2.95. The number of nitrogens with zero attached hydrogens (tertiary/aromatic N) is 2. The molecule has 1 aliphatic rings. The first kappa shape index (κ1) is 16.8. The number of hydrogen-bond acceptors (Lipinski definition) is 4. The molecule has 0 aliphatic carbocycles. The zero-order chi connectivity index (χ0) is 17.3. The van der Waals surface area contributed by atoms with Gasteiger partial charge < -0.3 is 5.32 Å². The lowest BCUT2D eigenvalue weighted by atomic mass is 10.1. The van der Waals surface area contributed by atoms with Crippen LogP contribution < -0.4 is 10.9 Å². The number of fused-ring (bicyclic) bond motifs is 1. The number of benzene rings is 1. The molecule has 24 heavy (non-hydrogen) atoms. The van der Waals surface area contributed by atoms with Gasteiger partial charge in [-0.25, -0.2) is 4.98 Å². The summed E-state index contributed by atoms with van der Waals surface area (Å²) < 4.78 is 1.67. The third kappa shape index (κ3) is 3.24. The molecule has 6 heteroatoms. The number of amides is 1. The Hall–Kier alpha value is -2.08. The fourth-order valence-corrected chi connectivity index (χ4v) is 3.95. The fraction of sp³-hybridized carbons (Fsp3) is 0.389. The lowest BCUT2D eigenvalue weighted by Crippen LogP contribution is -2.29. The maximum Gasteiger partial charge on any atom is 0.257 e. The smallest absolute Gasteiger partial charge is 0.257 e. The molecule has 2 heterocycles. The lowest BCUT2D eigenvalue weighted by Gasteiger charge is -2.14. The van der Waals surface area contributed by atoms with E-state index >= 15 is 0 Å². The van der Waals surface area contributed by atoms with Gasteiger partial charge in [-0.15, -0.1) is 0 Å². The Morgan fingerprint density at radius 3 is 2.71 bits per heavy atom. The fourth-order valence-electron chi connectivity index (χ4n) is 2.77. The molecule has 2 aromatic rings. The predicted octanol–water partition coefficient (Wildman–Crippen LogP) is 3.10. The Balaban J connectivity index is 1.73. The summed E-state index contributed by atoms with van der Waals surface area (Å²) in [6, 6.07) is 7.71. The van der Waals surface area contributed by atoms with Gasteiger partial charge in [0.25, 0.3) is 5.56 Å². The van der Waals surface area contributed by atoms with Gasteiger partial charge in [-0.1, -0.05) is 30.8 Å². The van der Waals surface area contributed by atoms with Crippen LogP contribution in [0.25, 0.3) is 0 Å². The van der Waals surface area contributed by atoms with Gasteiger partial charge in [-0.05, 0) is 38.0 Å². The Bertz CT molecular complexity index is 827. The summed E-state index contributed by atoms with van der Waals surface area (Å²) in [5.41, 5.74) is 3.40. The summed E-state index contributed by atoms with van der Waals surface area (Å²) in [7, 11) is 0. The van der Waals surface area contributed by atoms with Crippen molar-refractivity contribution in [3.05, 3.63) is 51.4 Å². The zero-order valence-corrected chi connectivity index (χ0v) is 14.9. The zero-order valence-electron chi connectivity index (χ0n) is 14.1. The standard InChI is InChI=1S/C18H21N3O2S/c1-4-13-5-7-14(8-6-13)20-16(22)9-15-10-24-18-19-12(3)11(2)17(23)21(15)18/h5-8,15H,4,9-10H2,1-3H3,(H,20,22). The maximum atomic E-state index is 12.5. The number of rotatable bonds is 4. The van der Waals surface area contributed by atoms with Crippen LogP contribution in [0, 0.1) is 13.8 Å². The highest BCUT2D eigenvalue weighted by Crippen LogP contribution is 2.32. The van der Waals surface area contributed by atoms with E-state index in [1.807, 2.05) is 31.2 Å². The predicted molar refractivity (Wildman–Crippen MR) is 96.8 cm³/mol. The van der Waals surface area contributed by atoms with E-state index in [9.17, 15) is 9.59 Å². The number of carbonyl (C=O) groups is 1. The molecule has 0 fully saturated rings. The first-order valence-corrected chi connectivity index (χ1v) is 9.09. The summed E-state index contributed by atoms with van der Waals surface area (Å²) >= 11 is 1.54. The topological polar surface area (TPSA) is 64.0 Å². The van der Waals surface area contributed by atoms with Crippen molar-refractivity contribution in [2.24, 2.45) is 0 Å². The van der Waals surface area contributed by atoms with Crippen molar-refractivity contribution in [2.75, 3.05) is 11.1 Å². The second-order valence-electron chi connectivity index (χ2n) is 6.05. The molecule has 3 rings (SSSR count). The number of hydrogen-bond donors (Lipinski definition) is 1. The molecule has 0 saturated carbocycles. The first-order valence-electron chi connectivity index (χ1n) is 8.11. The molecule has 0 radical (unpaired) electrons. The summed E-state index contributed by atoms with van der Waals surface area (Å²) in [5.74, 6) is 0.621. The molecule has 126 valence electrons. The number of anilines is 1. The summed E-state index contributed by atoms with van der Waals surface area (Å²) in [6.45, 7) is 5.73. The highest BCUT2D eigenvalue weighted by atomic mass is 32.2. The average molecular weight is 343 g/mol. The van der Waals surface area contributed by atoms with Crippen LogP contribution in [0.3, 0.4) is 0 Å². The van der Waals surface area contributed by atoms with Crippen molar-refractivity contribution in [2.45, 2.75) is 44.8 Å². The molecule has 1 amide bonds. The highest BCUT2D eigenvalue weighted by Gasteiger charge is 2.28.